The Morgan fingerprint density at radius 3 is 2.90 bits per heavy atom. The molecule has 1 atom stereocenters. The number of piperazine rings is 1. The first-order chi connectivity index (χ1) is 14.2. The summed E-state index contributed by atoms with van der Waals surface area (Å²) in [6.45, 7) is 11.7. The standard InChI is InChI=1S/C21H23ClN6O/c1-23-11-16-13-28(20-17-7-8-24-12-18(17)25-21(22)26-20)10-9-27(16)14-19(29)15-5-3-2-4-6-15/h2-6,16,24H,7-14H2/t16-/m0/s1. The van der Waals surface area contributed by atoms with Gasteiger partial charge in [-0.25, -0.2) is 16.5 Å². The molecule has 1 aromatic carbocycles. The molecule has 0 amide bonds. The number of anilines is 1. The second-order valence-electron chi connectivity index (χ2n) is 7.37. The minimum atomic E-state index is -0.0278. The Balaban J connectivity index is 1.52. The SMILES string of the molecule is [C-]#[N+]C[C@H]1CN(c2nc(Cl)nc3c2CCNC3)CCN1CC(=O)c1ccccc1. The molecule has 8 heteroatoms. The van der Waals surface area contributed by atoms with Gasteiger partial charge in [-0.3, -0.25) is 9.69 Å². The Labute approximate surface area is 175 Å². The molecule has 0 unspecified atom stereocenters. The number of nitrogens with zero attached hydrogens (tertiary/aromatic N) is 5. The van der Waals surface area contributed by atoms with E-state index in [0.29, 0.717) is 38.3 Å². The van der Waals surface area contributed by atoms with Crippen LogP contribution in [-0.4, -0.2) is 66.0 Å². The van der Waals surface area contributed by atoms with Gasteiger partial charge in [-0.15, -0.1) is 0 Å². The van der Waals surface area contributed by atoms with Crippen LogP contribution < -0.4 is 10.2 Å². The molecule has 29 heavy (non-hydrogen) atoms. The molecule has 1 N–H and O–H groups in total. The molecule has 4 rings (SSSR count). The molecular formula is C21H23ClN6O. The van der Waals surface area contributed by atoms with Crippen LogP contribution >= 0.6 is 11.6 Å². The smallest absolute Gasteiger partial charge is 0.231 e. The lowest BCUT2D eigenvalue weighted by Gasteiger charge is -2.40. The summed E-state index contributed by atoms with van der Waals surface area (Å²) < 4.78 is 0. The fourth-order valence-electron chi connectivity index (χ4n) is 4.04. The maximum Gasteiger partial charge on any atom is 0.231 e. The van der Waals surface area contributed by atoms with Gasteiger partial charge in [0.1, 0.15) is 11.9 Å². The lowest BCUT2D eigenvalue weighted by Crippen LogP contribution is -2.56. The first-order valence-electron chi connectivity index (χ1n) is 9.82. The van der Waals surface area contributed by atoms with E-state index in [2.05, 4.69) is 29.9 Å². The molecular weight excluding hydrogens is 388 g/mol. The summed E-state index contributed by atoms with van der Waals surface area (Å²) in [7, 11) is 0. The monoisotopic (exact) mass is 410 g/mol. The largest absolute Gasteiger partial charge is 0.353 e. The number of carbonyl (C=O) groups is 1. The highest BCUT2D eigenvalue weighted by atomic mass is 35.5. The van der Waals surface area contributed by atoms with Crippen molar-refractivity contribution in [1.82, 2.24) is 20.2 Å². The summed E-state index contributed by atoms with van der Waals surface area (Å²) in [4.78, 5) is 29.5. The van der Waals surface area contributed by atoms with Crippen LogP contribution in [0, 0.1) is 6.57 Å². The molecule has 0 saturated carbocycles. The maximum absolute atomic E-state index is 12.7. The van der Waals surface area contributed by atoms with Crippen LogP contribution in [-0.2, 0) is 13.0 Å². The number of ketones is 1. The summed E-state index contributed by atoms with van der Waals surface area (Å²) in [6.07, 6.45) is 0.863. The van der Waals surface area contributed by atoms with Crippen molar-refractivity contribution in [1.29, 1.82) is 0 Å². The van der Waals surface area contributed by atoms with Crippen LogP contribution in [0.3, 0.4) is 0 Å². The van der Waals surface area contributed by atoms with Gasteiger partial charge < -0.3 is 15.1 Å². The number of Topliss-reactive ketones (excluding diaryl/α,β-unsaturated/α-hetero) is 1. The lowest BCUT2D eigenvalue weighted by atomic mass is 10.0. The van der Waals surface area contributed by atoms with Gasteiger partial charge in [-0.05, 0) is 24.6 Å². The third-order valence-corrected chi connectivity index (χ3v) is 5.71. The average Bonchev–Trinajstić information content (AvgIpc) is 2.75. The van der Waals surface area contributed by atoms with Crippen LogP contribution in [0.25, 0.3) is 4.85 Å². The molecule has 3 heterocycles. The van der Waals surface area contributed by atoms with Crippen molar-refractivity contribution in [2.75, 3.05) is 44.2 Å². The summed E-state index contributed by atoms with van der Waals surface area (Å²) in [6, 6.07) is 9.30. The molecule has 2 aromatic rings. The molecule has 2 aliphatic heterocycles. The van der Waals surface area contributed by atoms with Gasteiger partial charge in [-0.1, -0.05) is 30.3 Å². The number of benzene rings is 1. The van der Waals surface area contributed by atoms with Crippen molar-refractivity contribution >= 4 is 23.2 Å². The third-order valence-electron chi connectivity index (χ3n) is 5.54. The van der Waals surface area contributed by atoms with Crippen molar-refractivity contribution in [3.8, 4) is 0 Å². The normalized spacial score (nSPS) is 19.4. The fraction of sp³-hybridized carbons (Fsp3) is 0.429. The number of hydrogen-bond acceptors (Lipinski definition) is 6. The van der Waals surface area contributed by atoms with E-state index < -0.39 is 0 Å². The maximum atomic E-state index is 12.7. The second-order valence-corrected chi connectivity index (χ2v) is 7.71. The molecule has 0 bridgehead atoms. The predicted molar refractivity (Wildman–Crippen MR) is 112 cm³/mol. The summed E-state index contributed by atoms with van der Waals surface area (Å²) in [5.74, 6) is 0.966. The highest BCUT2D eigenvalue weighted by molar-refractivity contribution is 6.28. The minimum Gasteiger partial charge on any atom is -0.353 e. The quantitative estimate of drug-likeness (QED) is 0.462. The van der Waals surface area contributed by atoms with Crippen molar-refractivity contribution < 1.29 is 4.79 Å². The molecule has 1 aromatic heterocycles. The van der Waals surface area contributed by atoms with E-state index in [1.165, 1.54) is 0 Å². The van der Waals surface area contributed by atoms with Gasteiger partial charge in [-0.2, -0.15) is 0 Å². The zero-order chi connectivity index (χ0) is 20.2. The molecule has 0 spiro atoms. The van der Waals surface area contributed by atoms with E-state index >= 15 is 0 Å². The number of rotatable bonds is 5. The van der Waals surface area contributed by atoms with Crippen molar-refractivity contribution in [3.05, 3.63) is 63.9 Å². The highest BCUT2D eigenvalue weighted by Crippen LogP contribution is 2.27. The number of carbonyl (C=O) groups excluding carboxylic acids is 1. The number of halogens is 1. The zero-order valence-electron chi connectivity index (χ0n) is 16.1. The van der Waals surface area contributed by atoms with Gasteiger partial charge in [0, 0.05) is 37.3 Å². The summed E-state index contributed by atoms with van der Waals surface area (Å²) in [5, 5.41) is 3.57. The molecule has 0 aliphatic carbocycles. The van der Waals surface area contributed by atoms with Crippen molar-refractivity contribution in [3.63, 3.8) is 0 Å². The molecule has 1 fully saturated rings. The molecule has 1 saturated heterocycles. The van der Waals surface area contributed by atoms with E-state index in [0.717, 1.165) is 36.6 Å². The van der Waals surface area contributed by atoms with Crippen LogP contribution in [0.1, 0.15) is 21.6 Å². The zero-order valence-corrected chi connectivity index (χ0v) is 16.9. The Kier molecular flexibility index (Phi) is 6.05. The van der Waals surface area contributed by atoms with E-state index in [4.69, 9.17) is 18.2 Å². The average molecular weight is 411 g/mol. The second kappa shape index (κ2) is 8.87. The first-order valence-corrected chi connectivity index (χ1v) is 10.2. The third kappa shape index (κ3) is 4.40. The first kappa shape index (κ1) is 19.8. The Hall–Kier alpha value is -2.53. The van der Waals surface area contributed by atoms with Crippen molar-refractivity contribution in [2.24, 2.45) is 0 Å². The van der Waals surface area contributed by atoms with Gasteiger partial charge in [0.05, 0.1) is 12.2 Å². The predicted octanol–water partition coefficient (Wildman–Crippen LogP) is 2.07. The van der Waals surface area contributed by atoms with E-state index in [1.807, 2.05) is 30.3 Å². The number of hydrogen-bond donors (Lipinski definition) is 1. The fourth-order valence-corrected chi connectivity index (χ4v) is 4.23. The Morgan fingerprint density at radius 2 is 2.10 bits per heavy atom. The lowest BCUT2D eigenvalue weighted by molar-refractivity contribution is 0.0885. The van der Waals surface area contributed by atoms with Gasteiger partial charge in [0.15, 0.2) is 5.78 Å². The number of nitrogens with one attached hydrogen (secondary N) is 1. The molecule has 0 radical (unpaired) electrons. The minimum absolute atomic E-state index is 0.0278. The van der Waals surface area contributed by atoms with Crippen molar-refractivity contribution in [2.45, 2.75) is 19.0 Å². The topological polar surface area (TPSA) is 65.7 Å². The summed E-state index contributed by atoms with van der Waals surface area (Å²) >= 11 is 6.18. The highest BCUT2D eigenvalue weighted by Gasteiger charge is 2.33. The van der Waals surface area contributed by atoms with E-state index in [1.54, 1.807) is 0 Å². The van der Waals surface area contributed by atoms with Crippen LogP contribution in [0.2, 0.25) is 5.28 Å². The van der Waals surface area contributed by atoms with Gasteiger partial charge in [0.2, 0.25) is 11.8 Å². The van der Waals surface area contributed by atoms with Crippen LogP contribution in [0.15, 0.2) is 30.3 Å². The van der Waals surface area contributed by atoms with E-state index in [9.17, 15) is 4.79 Å². The Bertz CT molecular complexity index is 929. The number of fused-ring (bicyclic) bond motifs is 1. The molecule has 150 valence electrons. The Morgan fingerprint density at radius 1 is 1.28 bits per heavy atom. The molecule has 7 nitrogen and oxygen atoms in total. The van der Waals surface area contributed by atoms with E-state index in [-0.39, 0.29) is 17.1 Å². The molecule has 2 aliphatic rings. The summed E-state index contributed by atoms with van der Waals surface area (Å²) in [5.41, 5.74) is 2.80. The van der Waals surface area contributed by atoms with Crippen LogP contribution in [0.5, 0.6) is 0 Å². The number of aromatic nitrogens is 2. The van der Waals surface area contributed by atoms with Gasteiger partial charge >= 0.3 is 0 Å². The van der Waals surface area contributed by atoms with Gasteiger partial charge in [0.25, 0.3) is 0 Å². The van der Waals surface area contributed by atoms with Crippen LogP contribution in [0.4, 0.5) is 5.82 Å².